The zero-order valence-electron chi connectivity index (χ0n) is 9.46. The van der Waals surface area contributed by atoms with Crippen molar-refractivity contribution in [3.63, 3.8) is 0 Å². The highest BCUT2D eigenvalue weighted by molar-refractivity contribution is 5.68. The van der Waals surface area contributed by atoms with E-state index >= 15 is 0 Å². The second-order valence-corrected chi connectivity index (χ2v) is 5.39. The van der Waals surface area contributed by atoms with Crippen LogP contribution in [0.15, 0.2) is 0 Å². The summed E-state index contributed by atoms with van der Waals surface area (Å²) < 4.78 is 0. The van der Waals surface area contributed by atoms with Crippen molar-refractivity contribution in [2.24, 2.45) is 5.92 Å². The van der Waals surface area contributed by atoms with Gasteiger partial charge in [-0.1, -0.05) is 12.8 Å². The third-order valence-corrected chi connectivity index (χ3v) is 3.89. The number of carboxylic acid groups (broad SMARTS) is 1. The van der Waals surface area contributed by atoms with Gasteiger partial charge in [-0.2, -0.15) is 0 Å². The highest BCUT2D eigenvalue weighted by atomic mass is 16.4. The Labute approximate surface area is 91.2 Å². The lowest BCUT2D eigenvalue weighted by Crippen LogP contribution is -2.50. The van der Waals surface area contributed by atoms with E-state index in [2.05, 4.69) is 12.2 Å². The predicted molar refractivity (Wildman–Crippen MR) is 58.8 cm³/mol. The highest BCUT2D eigenvalue weighted by Crippen LogP contribution is 2.38. The number of carbonyl (C=O) groups is 1. The minimum Gasteiger partial charge on any atom is -0.481 e. The van der Waals surface area contributed by atoms with Crippen LogP contribution in [-0.4, -0.2) is 22.7 Å². The van der Waals surface area contributed by atoms with Crippen molar-refractivity contribution >= 4 is 5.97 Å². The Hall–Kier alpha value is -0.570. The Morgan fingerprint density at radius 3 is 2.40 bits per heavy atom. The lowest BCUT2D eigenvalue weighted by molar-refractivity contribution is -0.139. The maximum atomic E-state index is 10.9. The first-order chi connectivity index (χ1) is 7.10. The summed E-state index contributed by atoms with van der Waals surface area (Å²) in [5.41, 5.74) is -0.163. The Morgan fingerprint density at radius 2 is 1.93 bits per heavy atom. The fourth-order valence-corrected chi connectivity index (χ4v) is 2.88. The van der Waals surface area contributed by atoms with Crippen LogP contribution in [-0.2, 0) is 4.79 Å². The van der Waals surface area contributed by atoms with Crippen LogP contribution in [0.1, 0.15) is 51.9 Å². The fourth-order valence-electron chi connectivity index (χ4n) is 2.88. The standard InChI is InChI=1S/C12H21NO2/c1-12(8-11(14)15,13-10-6-7-10)9-4-2-3-5-9/h9-10,13H,2-8H2,1H3,(H,14,15). The van der Waals surface area contributed by atoms with Crippen molar-refractivity contribution in [3.8, 4) is 0 Å². The lowest BCUT2D eigenvalue weighted by Gasteiger charge is -2.35. The van der Waals surface area contributed by atoms with Crippen LogP contribution in [0.3, 0.4) is 0 Å². The van der Waals surface area contributed by atoms with Crippen LogP contribution in [0.2, 0.25) is 0 Å². The molecule has 0 aliphatic heterocycles. The van der Waals surface area contributed by atoms with E-state index in [1.165, 1.54) is 38.5 Å². The Kier molecular flexibility index (Phi) is 3.01. The topological polar surface area (TPSA) is 49.3 Å². The highest BCUT2D eigenvalue weighted by Gasteiger charge is 2.41. The van der Waals surface area contributed by atoms with Crippen LogP contribution < -0.4 is 5.32 Å². The van der Waals surface area contributed by atoms with E-state index in [0.29, 0.717) is 12.0 Å². The first-order valence-electron chi connectivity index (χ1n) is 6.10. The zero-order valence-corrected chi connectivity index (χ0v) is 9.46. The van der Waals surface area contributed by atoms with Gasteiger partial charge in [0.1, 0.15) is 0 Å². The number of rotatable bonds is 5. The molecule has 3 heteroatoms. The molecular formula is C12H21NO2. The molecular weight excluding hydrogens is 190 g/mol. The molecule has 0 aromatic heterocycles. The summed E-state index contributed by atoms with van der Waals surface area (Å²) in [7, 11) is 0. The third kappa shape index (κ3) is 2.71. The van der Waals surface area contributed by atoms with E-state index in [-0.39, 0.29) is 12.0 Å². The maximum absolute atomic E-state index is 10.9. The molecule has 1 unspecified atom stereocenters. The van der Waals surface area contributed by atoms with E-state index < -0.39 is 5.97 Å². The van der Waals surface area contributed by atoms with Crippen LogP contribution in [0.4, 0.5) is 0 Å². The molecule has 0 aromatic rings. The SMILES string of the molecule is CC(CC(=O)O)(NC1CC1)C1CCCC1. The summed E-state index contributed by atoms with van der Waals surface area (Å²) in [6.07, 6.45) is 7.66. The van der Waals surface area contributed by atoms with E-state index in [9.17, 15) is 4.79 Å². The second kappa shape index (κ2) is 4.12. The summed E-state index contributed by atoms with van der Waals surface area (Å²) >= 11 is 0. The van der Waals surface area contributed by atoms with Gasteiger partial charge in [0.05, 0.1) is 6.42 Å². The summed E-state index contributed by atoms with van der Waals surface area (Å²) in [6.45, 7) is 2.11. The molecule has 2 fully saturated rings. The molecule has 3 nitrogen and oxygen atoms in total. The van der Waals surface area contributed by atoms with Gasteiger partial charge in [0.2, 0.25) is 0 Å². The Bertz CT molecular complexity index is 244. The molecule has 2 N–H and O–H groups in total. The van der Waals surface area contributed by atoms with Crippen molar-refractivity contribution in [2.45, 2.75) is 63.5 Å². The summed E-state index contributed by atoms with van der Waals surface area (Å²) in [6, 6.07) is 0.593. The van der Waals surface area contributed by atoms with E-state index in [1.54, 1.807) is 0 Å². The van der Waals surface area contributed by atoms with E-state index in [1.807, 2.05) is 0 Å². The molecule has 2 rings (SSSR count). The van der Waals surface area contributed by atoms with E-state index in [4.69, 9.17) is 5.11 Å². The summed E-state index contributed by atoms with van der Waals surface area (Å²) in [5.74, 6) is -0.105. The number of nitrogens with one attached hydrogen (secondary N) is 1. The van der Waals surface area contributed by atoms with Crippen molar-refractivity contribution in [2.75, 3.05) is 0 Å². The number of aliphatic carboxylic acids is 1. The number of carboxylic acids is 1. The molecule has 0 bridgehead atoms. The molecule has 86 valence electrons. The maximum Gasteiger partial charge on any atom is 0.305 e. The number of hydrogen-bond donors (Lipinski definition) is 2. The average Bonchev–Trinajstić information content (AvgIpc) is 2.78. The summed E-state index contributed by atoms with van der Waals surface area (Å²) in [5, 5.41) is 12.6. The lowest BCUT2D eigenvalue weighted by atomic mass is 9.81. The van der Waals surface area contributed by atoms with Gasteiger partial charge in [0.25, 0.3) is 0 Å². The van der Waals surface area contributed by atoms with Crippen LogP contribution in [0, 0.1) is 5.92 Å². The minimum atomic E-state index is -0.669. The zero-order chi connectivity index (χ0) is 10.9. The van der Waals surface area contributed by atoms with Gasteiger partial charge in [-0.05, 0) is 38.5 Å². The van der Waals surface area contributed by atoms with Crippen molar-refractivity contribution in [3.05, 3.63) is 0 Å². The molecule has 2 saturated carbocycles. The number of hydrogen-bond acceptors (Lipinski definition) is 2. The molecule has 1 atom stereocenters. The predicted octanol–water partition coefficient (Wildman–Crippen LogP) is 2.16. The smallest absolute Gasteiger partial charge is 0.305 e. The second-order valence-electron chi connectivity index (χ2n) is 5.39. The quantitative estimate of drug-likeness (QED) is 0.732. The first-order valence-corrected chi connectivity index (χ1v) is 6.10. The monoisotopic (exact) mass is 211 g/mol. The van der Waals surface area contributed by atoms with E-state index in [0.717, 1.165) is 0 Å². The van der Waals surface area contributed by atoms with Gasteiger partial charge < -0.3 is 10.4 Å². The largest absolute Gasteiger partial charge is 0.481 e. The fraction of sp³-hybridized carbons (Fsp3) is 0.917. The van der Waals surface area contributed by atoms with Crippen molar-refractivity contribution < 1.29 is 9.90 Å². The third-order valence-electron chi connectivity index (χ3n) is 3.89. The Balaban J connectivity index is 2.01. The van der Waals surface area contributed by atoms with Crippen molar-refractivity contribution in [1.82, 2.24) is 5.32 Å². The molecule has 0 heterocycles. The molecule has 2 aliphatic rings. The molecule has 15 heavy (non-hydrogen) atoms. The molecule has 0 radical (unpaired) electrons. The molecule has 0 amide bonds. The molecule has 0 saturated heterocycles. The molecule has 0 aromatic carbocycles. The normalized spacial score (nSPS) is 26.5. The first kappa shape index (κ1) is 10.9. The van der Waals surface area contributed by atoms with Crippen LogP contribution in [0.25, 0.3) is 0 Å². The van der Waals surface area contributed by atoms with Gasteiger partial charge >= 0.3 is 5.97 Å². The molecule has 2 aliphatic carbocycles. The van der Waals surface area contributed by atoms with Gasteiger partial charge in [0, 0.05) is 11.6 Å². The van der Waals surface area contributed by atoms with Gasteiger partial charge in [-0.3, -0.25) is 4.79 Å². The minimum absolute atomic E-state index is 0.163. The van der Waals surface area contributed by atoms with Crippen LogP contribution >= 0.6 is 0 Å². The van der Waals surface area contributed by atoms with Gasteiger partial charge in [-0.25, -0.2) is 0 Å². The Morgan fingerprint density at radius 1 is 1.33 bits per heavy atom. The van der Waals surface area contributed by atoms with Gasteiger partial charge in [-0.15, -0.1) is 0 Å². The van der Waals surface area contributed by atoms with Gasteiger partial charge in [0.15, 0.2) is 0 Å². The van der Waals surface area contributed by atoms with Crippen molar-refractivity contribution in [1.29, 1.82) is 0 Å². The molecule has 0 spiro atoms. The van der Waals surface area contributed by atoms with Crippen LogP contribution in [0.5, 0.6) is 0 Å². The average molecular weight is 211 g/mol. The summed E-state index contributed by atoms with van der Waals surface area (Å²) in [4.78, 5) is 10.9.